The van der Waals surface area contributed by atoms with Gasteiger partial charge < -0.3 is 4.98 Å². The molecule has 3 heteroatoms. The number of nitrogens with zero attached hydrogens (tertiary/aromatic N) is 2. The molecule has 3 aromatic rings. The lowest BCUT2D eigenvalue weighted by atomic mass is 10.2. The van der Waals surface area contributed by atoms with Crippen molar-refractivity contribution in [3.05, 3.63) is 36.2 Å². The SMILES string of the molecule is Cc1ccc2[nH]c3nccnc3c2c1. The van der Waals surface area contributed by atoms with Gasteiger partial charge in [-0.2, -0.15) is 0 Å². The largest absolute Gasteiger partial charge is 0.338 e. The van der Waals surface area contributed by atoms with Crippen LogP contribution in [0.3, 0.4) is 0 Å². The zero-order valence-corrected chi connectivity index (χ0v) is 7.78. The van der Waals surface area contributed by atoms with Crippen LogP contribution in [0.2, 0.25) is 0 Å². The zero-order valence-electron chi connectivity index (χ0n) is 7.78. The summed E-state index contributed by atoms with van der Waals surface area (Å²) >= 11 is 0. The van der Waals surface area contributed by atoms with Crippen LogP contribution in [0, 0.1) is 6.92 Å². The van der Waals surface area contributed by atoms with E-state index in [1.54, 1.807) is 12.4 Å². The highest BCUT2D eigenvalue weighted by Gasteiger charge is 2.04. The summed E-state index contributed by atoms with van der Waals surface area (Å²) in [6.07, 6.45) is 3.42. The molecule has 0 unspecified atom stereocenters. The Kier molecular flexibility index (Phi) is 1.36. The van der Waals surface area contributed by atoms with Gasteiger partial charge in [-0.3, -0.25) is 4.98 Å². The molecule has 0 aliphatic rings. The number of aromatic amines is 1. The van der Waals surface area contributed by atoms with Crippen molar-refractivity contribution in [3.63, 3.8) is 0 Å². The number of H-pyrrole nitrogens is 1. The summed E-state index contributed by atoms with van der Waals surface area (Å²) in [6, 6.07) is 6.27. The summed E-state index contributed by atoms with van der Waals surface area (Å²) in [6.45, 7) is 2.08. The van der Waals surface area contributed by atoms with Crippen LogP contribution in [0.15, 0.2) is 30.6 Å². The number of benzene rings is 1. The van der Waals surface area contributed by atoms with Crippen molar-refractivity contribution in [2.45, 2.75) is 6.92 Å². The highest BCUT2D eigenvalue weighted by Crippen LogP contribution is 2.22. The van der Waals surface area contributed by atoms with Gasteiger partial charge >= 0.3 is 0 Å². The molecular formula is C11H9N3. The smallest absolute Gasteiger partial charge is 0.157 e. The Bertz CT molecular complexity index is 610. The molecule has 0 saturated carbocycles. The molecule has 2 aromatic heterocycles. The summed E-state index contributed by atoms with van der Waals surface area (Å²) in [7, 11) is 0. The van der Waals surface area contributed by atoms with Gasteiger partial charge in [0.15, 0.2) is 5.65 Å². The second-order valence-corrected chi connectivity index (χ2v) is 3.43. The number of aryl methyl sites for hydroxylation is 1. The van der Waals surface area contributed by atoms with Gasteiger partial charge in [-0.1, -0.05) is 11.6 Å². The van der Waals surface area contributed by atoms with Crippen LogP contribution in [-0.2, 0) is 0 Å². The summed E-state index contributed by atoms with van der Waals surface area (Å²) in [5.41, 5.74) is 4.14. The molecule has 0 bridgehead atoms. The first-order valence-electron chi connectivity index (χ1n) is 4.53. The minimum Gasteiger partial charge on any atom is -0.338 e. The van der Waals surface area contributed by atoms with Gasteiger partial charge in [-0.15, -0.1) is 0 Å². The van der Waals surface area contributed by atoms with E-state index in [1.807, 2.05) is 0 Å². The molecule has 2 heterocycles. The molecule has 0 aliphatic carbocycles. The van der Waals surface area contributed by atoms with E-state index in [4.69, 9.17) is 0 Å². The van der Waals surface area contributed by atoms with E-state index < -0.39 is 0 Å². The Hall–Kier alpha value is -1.90. The topological polar surface area (TPSA) is 41.6 Å². The molecular weight excluding hydrogens is 174 g/mol. The van der Waals surface area contributed by atoms with E-state index in [0.717, 1.165) is 22.1 Å². The first-order chi connectivity index (χ1) is 6.84. The second kappa shape index (κ2) is 2.54. The maximum atomic E-state index is 4.32. The van der Waals surface area contributed by atoms with Gasteiger partial charge in [0.2, 0.25) is 0 Å². The van der Waals surface area contributed by atoms with Gasteiger partial charge in [0.05, 0.1) is 0 Å². The number of hydrogen-bond donors (Lipinski definition) is 1. The normalized spacial score (nSPS) is 11.2. The molecule has 1 aromatic carbocycles. The van der Waals surface area contributed by atoms with Crippen molar-refractivity contribution in [1.29, 1.82) is 0 Å². The third kappa shape index (κ3) is 0.923. The quantitative estimate of drug-likeness (QED) is 0.581. The fraction of sp³-hybridized carbons (Fsp3) is 0.0909. The predicted molar refractivity (Wildman–Crippen MR) is 56.1 cm³/mol. The average molecular weight is 183 g/mol. The van der Waals surface area contributed by atoms with Gasteiger partial charge in [0.25, 0.3) is 0 Å². The van der Waals surface area contributed by atoms with E-state index in [2.05, 4.69) is 40.1 Å². The van der Waals surface area contributed by atoms with Crippen molar-refractivity contribution in [3.8, 4) is 0 Å². The summed E-state index contributed by atoms with van der Waals surface area (Å²) in [4.78, 5) is 11.8. The number of nitrogens with one attached hydrogen (secondary N) is 1. The monoisotopic (exact) mass is 183 g/mol. The van der Waals surface area contributed by atoms with Crippen molar-refractivity contribution in [2.75, 3.05) is 0 Å². The van der Waals surface area contributed by atoms with Crippen LogP contribution in [0.5, 0.6) is 0 Å². The molecule has 1 N–H and O–H groups in total. The van der Waals surface area contributed by atoms with Crippen molar-refractivity contribution < 1.29 is 0 Å². The van der Waals surface area contributed by atoms with E-state index >= 15 is 0 Å². The molecule has 68 valence electrons. The maximum absolute atomic E-state index is 4.32. The Labute approximate surface area is 80.8 Å². The minimum atomic E-state index is 0.855. The van der Waals surface area contributed by atoms with Crippen LogP contribution in [-0.4, -0.2) is 15.0 Å². The van der Waals surface area contributed by atoms with Crippen molar-refractivity contribution in [1.82, 2.24) is 15.0 Å². The Balaban J connectivity index is 2.58. The molecule has 3 rings (SSSR count). The highest BCUT2D eigenvalue weighted by atomic mass is 14.9. The first-order valence-corrected chi connectivity index (χ1v) is 4.53. The van der Waals surface area contributed by atoms with Crippen LogP contribution in [0.25, 0.3) is 22.1 Å². The molecule has 3 nitrogen and oxygen atoms in total. The molecule has 0 fully saturated rings. The number of fused-ring (bicyclic) bond motifs is 3. The van der Waals surface area contributed by atoms with Crippen LogP contribution in [0.1, 0.15) is 5.56 Å². The molecule has 0 amide bonds. The van der Waals surface area contributed by atoms with Crippen LogP contribution < -0.4 is 0 Å². The minimum absolute atomic E-state index is 0.855. The van der Waals surface area contributed by atoms with Gasteiger partial charge in [0, 0.05) is 23.3 Å². The molecule has 0 atom stereocenters. The molecule has 14 heavy (non-hydrogen) atoms. The second-order valence-electron chi connectivity index (χ2n) is 3.43. The first kappa shape index (κ1) is 7.50. The van der Waals surface area contributed by atoms with Gasteiger partial charge in [-0.05, 0) is 19.1 Å². The van der Waals surface area contributed by atoms with E-state index in [9.17, 15) is 0 Å². The summed E-state index contributed by atoms with van der Waals surface area (Å²) < 4.78 is 0. The lowest BCUT2D eigenvalue weighted by molar-refractivity contribution is 1.27. The predicted octanol–water partition coefficient (Wildman–Crippen LogP) is 2.42. The Morgan fingerprint density at radius 1 is 1.14 bits per heavy atom. The Morgan fingerprint density at radius 2 is 2.00 bits per heavy atom. The number of aromatic nitrogens is 3. The third-order valence-electron chi connectivity index (χ3n) is 2.38. The average Bonchev–Trinajstić information content (AvgIpc) is 2.56. The molecule has 0 radical (unpaired) electrons. The van der Waals surface area contributed by atoms with E-state index in [0.29, 0.717) is 0 Å². The van der Waals surface area contributed by atoms with Crippen LogP contribution in [0.4, 0.5) is 0 Å². The fourth-order valence-corrected chi connectivity index (χ4v) is 1.72. The Morgan fingerprint density at radius 3 is 2.93 bits per heavy atom. The van der Waals surface area contributed by atoms with Gasteiger partial charge in [-0.25, -0.2) is 4.98 Å². The lowest BCUT2D eigenvalue weighted by Gasteiger charge is -1.91. The fourth-order valence-electron chi connectivity index (χ4n) is 1.72. The zero-order chi connectivity index (χ0) is 9.54. The molecule has 0 saturated heterocycles. The van der Waals surface area contributed by atoms with E-state index in [1.165, 1.54) is 5.56 Å². The van der Waals surface area contributed by atoms with Crippen molar-refractivity contribution in [2.24, 2.45) is 0 Å². The lowest BCUT2D eigenvalue weighted by Crippen LogP contribution is -1.77. The van der Waals surface area contributed by atoms with Crippen molar-refractivity contribution >= 4 is 22.1 Å². The third-order valence-corrected chi connectivity index (χ3v) is 2.38. The molecule has 0 aliphatic heterocycles. The molecule has 0 spiro atoms. The highest BCUT2D eigenvalue weighted by molar-refractivity contribution is 6.03. The number of hydrogen-bond acceptors (Lipinski definition) is 2. The van der Waals surface area contributed by atoms with E-state index in [-0.39, 0.29) is 0 Å². The number of rotatable bonds is 0. The van der Waals surface area contributed by atoms with Crippen LogP contribution >= 0.6 is 0 Å². The van der Waals surface area contributed by atoms with Gasteiger partial charge in [0.1, 0.15) is 5.52 Å². The standard InChI is InChI=1S/C11H9N3/c1-7-2-3-9-8(6-7)10-11(14-9)13-5-4-12-10/h2-6H,1H3,(H,13,14). The summed E-state index contributed by atoms with van der Waals surface area (Å²) in [5, 5.41) is 1.15. The maximum Gasteiger partial charge on any atom is 0.157 e. The summed E-state index contributed by atoms with van der Waals surface area (Å²) in [5.74, 6) is 0.